The number of likely N-dealkylation sites (tertiary alicyclic amines) is 2. The van der Waals surface area contributed by atoms with E-state index in [1.165, 1.54) is 13.4 Å². The Bertz CT molecular complexity index is 1320. The van der Waals surface area contributed by atoms with Crippen molar-refractivity contribution in [2.45, 2.75) is 40.0 Å². The summed E-state index contributed by atoms with van der Waals surface area (Å²) in [4.78, 5) is 58.4. The number of aromatic nitrogens is 2. The number of ether oxygens (including phenoxy) is 1. The SMILES string of the molecule is COC(=O)ON1CCC(C(=O)N(CCCN2CC3CN(C(=O)c4c(C)ncnc4C)CC3C2)c2ccc(C)c(Cl)c2)CC1. The highest BCUT2D eigenvalue weighted by atomic mass is 35.5. The van der Waals surface area contributed by atoms with Gasteiger partial charge in [-0.05, 0) is 76.1 Å². The number of benzene rings is 1. The van der Waals surface area contributed by atoms with Gasteiger partial charge in [0.05, 0.1) is 24.1 Å². The summed E-state index contributed by atoms with van der Waals surface area (Å²) in [6.45, 7) is 11.5. The third-order valence-corrected chi connectivity index (χ3v) is 9.46. The van der Waals surface area contributed by atoms with Crippen molar-refractivity contribution in [2.75, 3.05) is 64.4 Å². The molecule has 0 aliphatic carbocycles. The van der Waals surface area contributed by atoms with Crippen LogP contribution in [0.25, 0.3) is 0 Å². The van der Waals surface area contributed by atoms with Gasteiger partial charge in [0.25, 0.3) is 5.91 Å². The number of piperidine rings is 1. The van der Waals surface area contributed by atoms with Crippen molar-refractivity contribution < 1.29 is 24.0 Å². The van der Waals surface area contributed by atoms with Crippen molar-refractivity contribution in [1.29, 1.82) is 0 Å². The summed E-state index contributed by atoms with van der Waals surface area (Å²) in [6, 6.07) is 5.78. The number of aryl methyl sites for hydroxylation is 3. The molecular formula is C31H41ClN6O5. The lowest BCUT2D eigenvalue weighted by atomic mass is 9.95. The number of nitrogens with zero attached hydrogens (tertiary/aromatic N) is 6. The minimum Gasteiger partial charge on any atom is -0.436 e. The average molecular weight is 613 g/mol. The molecule has 5 rings (SSSR count). The van der Waals surface area contributed by atoms with Gasteiger partial charge in [-0.15, -0.1) is 5.06 Å². The molecule has 12 heteroatoms. The summed E-state index contributed by atoms with van der Waals surface area (Å²) in [6.07, 6.45) is 2.76. The van der Waals surface area contributed by atoms with Gasteiger partial charge in [-0.1, -0.05) is 17.7 Å². The fourth-order valence-corrected chi connectivity index (χ4v) is 6.80. The molecule has 0 bridgehead atoms. The first-order chi connectivity index (χ1) is 20.6. The molecule has 0 N–H and O–H groups in total. The minimum atomic E-state index is -0.748. The maximum Gasteiger partial charge on any atom is 0.527 e. The van der Waals surface area contributed by atoms with E-state index >= 15 is 0 Å². The smallest absolute Gasteiger partial charge is 0.436 e. The highest BCUT2D eigenvalue weighted by molar-refractivity contribution is 6.31. The average Bonchev–Trinajstić information content (AvgIpc) is 3.56. The van der Waals surface area contributed by atoms with E-state index in [2.05, 4.69) is 19.6 Å². The zero-order chi connectivity index (χ0) is 30.7. The molecule has 232 valence electrons. The number of carbonyl (C=O) groups excluding carboxylic acids is 3. The van der Waals surface area contributed by atoms with Crippen molar-refractivity contribution in [2.24, 2.45) is 17.8 Å². The predicted octanol–water partition coefficient (Wildman–Crippen LogP) is 3.89. The van der Waals surface area contributed by atoms with E-state index < -0.39 is 6.16 Å². The molecule has 43 heavy (non-hydrogen) atoms. The summed E-state index contributed by atoms with van der Waals surface area (Å²) in [5.74, 6) is 0.820. The molecule has 0 spiro atoms. The second-order valence-electron chi connectivity index (χ2n) is 11.9. The van der Waals surface area contributed by atoms with E-state index in [0.717, 1.165) is 61.8 Å². The maximum absolute atomic E-state index is 13.8. The third kappa shape index (κ3) is 7.11. The van der Waals surface area contributed by atoms with Gasteiger partial charge in [-0.3, -0.25) is 9.59 Å². The summed E-state index contributed by atoms with van der Waals surface area (Å²) in [5, 5.41) is 2.19. The normalized spacial score (nSPS) is 21.1. The molecule has 2 aromatic rings. The number of fused-ring (bicyclic) bond motifs is 1. The molecule has 2 unspecified atom stereocenters. The zero-order valence-electron chi connectivity index (χ0n) is 25.4. The van der Waals surface area contributed by atoms with Gasteiger partial charge in [0, 0.05) is 62.4 Å². The molecule has 0 radical (unpaired) electrons. The monoisotopic (exact) mass is 612 g/mol. The molecule has 3 fully saturated rings. The topological polar surface area (TPSA) is 108 Å². The number of carbonyl (C=O) groups is 3. The fraction of sp³-hybridized carbons (Fsp3) is 0.581. The Morgan fingerprint density at radius 2 is 1.65 bits per heavy atom. The van der Waals surface area contributed by atoms with Crippen molar-refractivity contribution in [3.8, 4) is 0 Å². The number of hydrogen-bond acceptors (Lipinski definition) is 9. The summed E-state index contributed by atoms with van der Waals surface area (Å²) >= 11 is 6.46. The number of anilines is 1. The van der Waals surface area contributed by atoms with Crippen LogP contribution in [0.1, 0.15) is 46.6 Å². The summed E-state index contributed by atoms with van der Waals surface area (Å²) in [5.41, 5.74) is 3.85. The first-order valence-corrected chi connectivity index (χ1v) is 15.4. The standard InChI is InChI=1S/C31H41ClN6O5/c1-20-6-7-26(14-27(20)32)38(29(39)23-8-12-37(13-9-23)43-31(41)42-4)11-5-10-35-15-24-17-36(18-25(24)16-35)30(40)28-21(2)33-19-34-22(28)3/h6-7,14,19,23-25H,5,8-13,15-18H2,1-4H3. The predicted molar refractivity (Wildman–Crippen MR) is 162 cm³/mol. The summed E-state index contributed by atoms with van der Waals surface area (Å²) < 4.78 is 4.58. The van der Waals surface area contributed by atoms with Gasteiger partial charge in [0.1, 0.15) is 6.33 Å². The van der Waals surface area contributed by atoms with Crippen LogP contribution in [0.4, 0.5) is 10.5 Å². The Morgan fingerprint density at radius 1 is 1.00 bits per heavy atom. The fourth-order valence-electron chi connectivity index (χ4n) is 6.62. The Hall–Kier alpha value is -3.28. The van der Waals surface area contributed by atoms with Crippen LogP contribution in [-0.2, 0) is 14.4 Å². The number of hydroxylamine groups is 2. The molecule has 3 aliphatic rings. The van der Waals surface area contributed by atoms with Crippen molar-refractivity contribution in [1.82, 2.24) is 24.8 Å². The second kappa shape index (κ2) is 13.6. The molecule has 2 atom stereocenters. The zero-order valence-corrected chi connectivity index (χ0v) is 26.2. The lowest BCUT2D eigenvalue weighted by Gasteiger charge is -2.33. The molecule has 4 heterocycles. The van der Waals surface area contributed by atoms with E-state index in [4.69, 9.17) is 16.4 Å². The van der Waals surface area contributed by atoms with Crippen molar-refractivity contribution in [3.05, 3.63) is 52.1 Å². The Balaban J connectivity index is 1.16. The summed E-state index contributed by atoms with van der Waals surface area (Å²) in [7, 11) is 1.27. The van der Waals surface area contributed by atoms with Crippen LogP contribution in [0.5, 0.6) is 0 Å². The lowest BCUT2D eigenvalue weighted by molar-refractivity contribution is -0.146. The van der Waals surface area contributed by atoms with Crippen LogP contribution in [0, 0.1) is 38.5 Å². The van der Waals surface area contributed by atoms with Gasteiger partial charge in [0.15, 0.2) is 0 Å². The van der Waals surface area contributed by atoms with E-state index in [1.54, 1.807) is 5.06 Å². The van der Waals surface area contributed by atoms with E-state index in [0.29, 0.717) is 54.9 Å². The highest BCUT2D eigenvalue weighted by Crippen LogP contribution is 2.33. The minimum absolute atomic E-state index is 0.0326. The number of hydrogen-bond donors (Lipinski definition) is 0. The Kier molecular flexibility index (Phi) is 9.83. The van der Waals surface area contributed by atoms with Crippen LogP contribution in [0.3, 0.4) is 0 Å². The Morgan fingerprint density at radius 3 is 2.26 bits per heavy atom. The van der Waals surface area contributed by atoms with Gasteiger partial charge >= 0.3 is 6.16 Å². The van der Waals surface area contributed by atoms with Crippen LogP contribution < -0.4 is 4.90 Å². The molecule has 3 aliphatic heterocycles. The molecule has 1 aromatic carbocycles. The number of rotatable bonds is 8. The number of methoxy groups -OCH3 is 1. The molecule has 3 saturated heterocycles. The molecule has 2 amide bonds. The largest absolute Gasteiger partial charge is 0.527 e. The molecule has 1 aromatic heterocycles. The van der Waals surface area contributed by atoms with Crippen LogP contribution in [0.2, 0.25) is 5.02 Å². The first kappa shape index (κ1) is 31.2. The third-order valence-electron chi connectivity index (χ3n) is 9.05. The van der Waals surface area contributed by atoms with Gasteiger partial charge in [-0.2, -0.15) is 0 Å². The molecule has 11 nitrogen and oxygen atoms in total. The lowest BCUT2D eigenvalue weighted by Crippen LogP contribution is -2.44. The van der Waals surface area contributed by atoms with Crippen LogP contribution >= 0.6 is 11.6 Å². The highest BCUT2D eigenvalue weighted by Gasteiger charge is 2.42. The van der Waals surface area contributed by atoms with Gasteiger partial charge in [0.2, 0.25) is 5.91 Å². The van der Waals surface area contributed by atoms with Crippen molar-refractivity contribution in [3.63, 3.8) is 0 Å². The molecular weight excluding hydrogens is 572 g/mol. The van der Waals surface area contributed by atoms with Gasteiger partial charge in [-0.25, -0.2) is 14.8 Å². The Labute approximate surface area is 258 Å². The van der Waals surface area contributed by atoms with E-state index in [-0.39, 0.29) is 17.7 Å². The van der Waals surface area contributed by atoms with E-state index in [1.807, 2.05) is 48.8 Å². The molecule has 0 saturated carbocycles. The maximum atomic E-state index is 13.8. The van der Waals surface area contributed by atoms with Crippen molar-refractivity contribution >= 4 is 35.3 Å². The number of amides is 2. The number of halogens is 1. The van der Waals surface area contributed by atoms with Crippen LogP contribution in [-0.4, -0.2) is 102 Å². The first-order valence-electron chi connectivity index (χ1n) is 15.0. The second-order valence-corrected chi connectivity index (χ2v) is 12.3. The van der Waals surface area contributed by atoms with Gasteiger partial charge < -0.3 is 24.3 Å². The van der Waals surface area contributed by atoms with E-state index in [9.17, 15) is 14.4 Å². The quantitative estimate of drug-likeness (QED) is 0.410. The van der Waals surface area contributed by atoms with Crippen LogP contribution in [0.15, 0.2) is 24.5 Å².